The van der Waals surface area contributed by atoms with Crippen molar-refractivity contribution in [3.8, 4) is 0 Å². The zero-order chi connectivity index (χ0) is 15.4. The third-order valence-corrected chi connectivity index (χ3v) is 4.55. The van der Waals surface area contributed by atoms with E-state index in [4.69, 9.17) is 0 Å². The van der Waals surface area contributed by atoms with Gasteiger partial charge in [0.1, 0.15) is 0 Å². The fourth-order valence-electron chi connectivity index (χ4n) is 1.98. The number of carbonyl (C=O) groups excluding carboxylic acids is 1. The van der Waals surface area contributed by atoms with Gasteiger partial charge >= 0.3 is 0 Å². The van der Waals surface area contributed by atoms with Crippen LogP contribution in [0.5, 0.6) is 0 Å². The summed E-state index contributed by atoms with van der Waals surface area (Å²) in [6.45, 7) is 6.93. The normalized spacial score (nSPS) is 10.6. The topological polar surface area (TPSA) is 64.0 Å². The average molecular weight is 305 g/mol. The number of hydrogen-bond donors (Lipinski definition) is 1. The number of thiazole rings is 1. The zero-order valence-corrected chi connectivity index (χ0v) is 13.3. The van der Waals surface area contributed by atoms with E-state index in [2.05, 4.69) is 17.2 Å². The molecule has 21 heavy (non-hydrogen) atoms. The molecule has 2 rings (SSSR count). The van der Waals surface area contributed by atoms with Crippen molar-refractivity contribution in [1.29, 1.82) is 0 Å². The van der Waals surface area contributed by atoms with Gasteiger partial charge in [-0.25, -0.2) is 4.98 Å². The molecule has 1 N–H and O–H groups in total. The third-order valence-electron chi connectivity index (χ3n) is 3.25. The van der Waals surface area contributed by atoms with Gasteiger partial charge in [0.2, 0.25) is 0 Å². The molecule has 0 aliphatic rings. The molecular weight excluding hydrogens is 286 g/mol. The van der Waals surface area contributed by atoms with Gasteiger partial charge in [0.05, 0.1) is 17.2 Å². The molecule has 0 fully saturated rings. The summed E-state index contributed by atoms with van der Waals surface area (Å²) < 4.78 is 1.55. The number of hydrogen-bond acceptors (Lipinski definition) is 4. The number of carbonyl (C=O) groups is 1. The van der Waals surface area contributed by atoms with Crippen molar-refractivity contribution < 1.29 is 4.79 Å². The lowest BCUT2D eigenvalue weighted by molar-refractivity contribution is 0.0951. The molecule has 0 aliphatic heterocycles. The van der Waals surface area contributed by atoms with Crippen molar-refractivity contribution in [3.63, 3.8) is 0 Å². The molecule has 0 spiro atoms. The summed E-state index contributed by atoms with van der Waals surface area (Å²) in [5.41, 5.74) is 1.19. The lowest BCUT2D eigenvalue weighted by atomic mass is 10.2. The first-order valence-electron chi connectivity index (χ1n) is 6.99. The van der Waals surface area contributed by atoms with Gasteiger partial charge in [-0.15, -0.1) is 11.3 Å². The molecule has 2 heterocycles. The van der Waals surface area contributed by atoms with Crippen LogP contribution in [0, 0.1) is 6.92 Å². The smallest absolute Gasteiger partial charge is 0.251 e. The summed E-state index contributed by atoms with van der Waals surface area (Å²) in [5, 5.41) is 3.91. The summed E-state index contributed by atoms with van der Waals surface area (Å²) in [5.74, 6) is -0.235. The quantitative estimate of drug-likeness (QED) is 0.920. The molecule has 0 bridgehead atoms. The highest BCUT2D eigenvalue weighted by atomic mass is 32.1. The molecule has 112 valence electrons. The van der Waals surface area contributed by atoms with E-state index in [-0.39, 0.29) is 11.5 Å². The Morgan fingerprint density at radius 2 is 2.19 bits per heavy atom. The van der Waals surface area contributed by atoms with Gasteiger partial charge in [-0.1, -0.05) is 6.92 Å². The molecule has 5 nitrogen and oxygen atoms in total. The first kappa shape index (κ1) is 15.4. The van der Waals surface area contributed by atoms with E-state index < -0.39 is 0 Å². The molecule has 0 aromatic carbocycles. The van der Waals surface area contributed by atoms with Gasteiger partial charge in [-0.05, 0) is 26.3 Å². The van der Waals surface area contributed by atoms with Crippen molar-refractivity contribution in [1.82, 2.24) is 14.9 Å². The van der Waals surface area contributed by atoms with E-state index in [1.807, 2.05) is 13.8 Å². The Bertz CT molecular complexity index is 703. The Labute approximate surface area is 127 Å². The van der Waals surface area contributed by atoms with Crippen molar-refractivity contribution in [2.45, 2.75) is 40.3 Å². The van der Waals surface area contributed by atoms with Crippen molar-refractivity contribution >= 4 is 17.2 Å². The predicted molar refractivity (Wildman–Crippen MR) is 83.8 cm³/mol. The minimum Gasteiger partial charge on any atom is -0.347 e. The molecule has 0 unspecified atom stereocenters. The fourth-order valence-corrected chi connectivity index (χ4v) is 2.93. The number of rotatable bonds is 5. The van der Waals surface area contributed by atoms with Crippen LogP contribution in [0.4, 0.5) is 0 Å². The number of aromatic nitrogens is 2. The number of amides is 1. The minimum atomic E-state index is -0.235. The van der Waals surface area contributed by atoms with Crippen LogP contribution in [0.1, 0.15) is 39.8 Å². The van der Waals surface area contributed by atoms with E-state index in [0.29, 0.717) is 18.7 Å². The zero-order valence-electron chi connectivity index (χ0n) is 12.5. The van der Waals surface area contributed by atoms with Gasteiger partial charge in [-0.2, -0.15) is 0 Å². The maximum Gasteiger partial charge on any atom is 0.251 e. The Balaban J connectivity index is 2.06. The lowest BCUT2D eigenvalue weighted by Gasteiger charge is -2.06. The Hall–Kier alpha value is -1.95. The first-order valence-corrected chi connectivity index (χ1v) is 7.80. The molecule has 0 saturated heterocycles. The van der Waals surface area contributed by atoms with E-state index in [1.165, 1.54) is 6.07 Å². The summed E-state index contributed by atoms with van der Waals surface area (Å²) in [4.78, 5) is 29.3. The first-order chi connectivity index (χ1) is 10.0. The van der Waals surface area contributed by atoms with Crippen LogP contribution in [0.15, 0.2) is 23.1 Å². The van der Waals surface area contributed by atoms with Crippen LogP contribution in [0.2, 0.25) is 0 Å². The van der Waals surface area contributed by atoms with Crippen LogP contribution in [-0.4, -0.2) is 15.5 Å². The van der Waals surface area contributed by atoms with Crippen LogP contribution < -0.4 is 10.9 Å². The van der Waals surface area contributed by atoms with Gasteiger partial charge in [0, 0.05) is 29.2 Å². The lowest BCUT2D eigenvalue weighted by Crippen LogP contribution is -2.26. The van der Waals surface area contributed by atoms with Crippen LogP contribution in [0.25, 0.3) is 0 Å². The molecule has 2 aromatic heterocycles. The van der Waals surface area contributed by atoms with Crippen LogP contribution in [-0.2, 0) is 19.5 Å². The third kappa shape index (κ3) is 3.58. The second-order valence-electron chi connectivity index (χ2n) is 4.69. The summed E-state index contributed by atoms with van der Waals surface area (Å²) >= 11 is 1.61. The summed E-state index contributed by atoms with van der Waals surface area (Å²) in [6, 6.07) is 3.03. The van der Waals surface area contributed by atoms with Crippen molar-refractivity contribution in [2.75, 3.05) is 0 Å². The van der Waals surface area contributed by atoms with Crippen molar-refractivity contribution in [3.05, 3.63) is 49.8 Å². The molecule has 0 radical (unpaired) electrons. The number of nitrogens with zero attached hydrogens (tertiary/aromatic N) is 2. The van der Waals surface area contributed by atoms with E-state index in [0.717, 1.165) is 22.0 Å². The molecule has 0 atom stereocenters. The molecule has 1 amide bonds. The van der Waals surface area contributed by atoms with Crippen LogP contribution >= 0.6 is 11.3 Å². The molecule has 0 saturated carbocycles. The summed E-state index contributed by atoms with van der Waals surface area (Å²) in [6.07, 6.45) is 2.54. The van der Waals surface area contributed by atoms with Gasteiger partial charge < -0.3 is 9.88 Å². The largest absolute Gasteiger partial charge is 0.347 e. The maximum absolute atomic E-state index is 12.1. The molecule has 0 aliphatic carbocycles. The maximum atomic E-state index is 12.1. The highest BCUT2D eigenvalue weighted by Crippen LogP contribution is 2.18. The van der Waals surface area contributed by atoms with Gasteiger partial charge in [0.25, 0.3) is 11.5 Å². The SMILES string of the molecule is CCc1nc(C)c(CNC(=O)c2ccn(CC)c(=O)c2)s1. The molecule has 2 aromatic rings. The standard InChI is InChI=1S/C15H19N3O2S/c1-4-13-17-10(3)12(21-13)9-16-15(20)11-6-7-18(5-2)14(19)8-11/h6-8H,4-5,9H2,1-3H3,(H,16,20). The van der Waals surface area contributed by atoms with Gasteiger partial charge in [-0.3, -0.25) is 9.59 Å². The number of nitrogens with one attached hydrogen (secondary N) is 1. The van der Waals surface area contributed by atoms with E-state index in [1.54, 1.807) is 28.2 Å². The highest BCUT2D eigenvalue weighted by molar-refractivity contribution is 7.11. The predicted octanol–water partition coefficient (Wildman–Crippen LogP) is 2.13. The van der Waals surface area contributed by atoms with Gasteiger partial charge in [0.15, 0.2) is 0 Å². The molecular formula is C15H19N3O2S. The number of aryl methyl sites for hydroxylation is 3. The summed E-state index contributed by atoms with van der Waals surface area (Å²) in [7, 11) is 0. The second kappa shape index (κ2) is 6.67. The average Bonchev–Trinajstić information content (AvgIpc) is 2.85. The highest BCUT2D eigenvalue weighted by Gasteiger charge is 2.10. The Morgan fingerprint density at radius 3 is 2.76 bits per heavy atom. The fraction of sp³-hybridized carbons (Fsp3) is 0.400. The van der Waals surface area contributed by atoms with E-state index in [9.17, 15) is 9.59 Å². The van der Waals surface area contributed by atoms with E-state index >= 15 is 0 Å². The number of pyridine rings is 1. The second-order valence-corrected chi connectivity index (χ2v) is 5.86. The van der Waals surface area contributed by atoms with Crippen LogP contribution in [0.3, 0.4) is 0 Å². The van der Waals surface area contributed by atoms with Crippen molar-refractivity contribution in [2.24, 2.45) is 0 Å². The Kier molecular flexibility index (Phi) is 4.90. The Morgan fingerprint density at radius 1 is 1.43 bits per heavy atom. The molecule has 6 heteroatoms. The monoisotopic (exact) mass is 305 g/mol. The minimum absolute atomic E-state index is 0.160.